The highest BCUT2D eigenvalue weighted by Gasteiger charge is 2.21. The van der Waals surface area contributed by atoms with Crippen LogP contribution in [0.2, 0.25) is 0 Å². The lowest BCUT2D eigenvalue weighted by molar-refractivity contribution is -0.150. The Morgan fingerprint density at radius 3 is 1.86 bits per heavy atom. The highest BCUT2D eigenvalue weighted by molar-refractivity contribution is 7.46. The van der Waals surface area contributed by atoms with E-state index in [1.165, 1.54) is 70.6 Å². The summed E-state index contributed by atoms with van der Waals surface area (Å²) in [5.41, 5.74) is 0. The van der Waals surface area contributed by atoms with Gasteiger partial charge in [-0.2, -0.15) is 0 Å². The molecule has 0 aliphatic rings. The van der Waals surface area contributed by atoms with E-state index in [-0.39, 0.29) is 12.6 Å². The van der Waals surface area contributed by atoms with E-state index in [4.69, 9.17) is 14.5 Å². The second-order valence-electron chi connectivity index (χ2n) is 9.83. The monoisotopic (exact) mass is 551 g/mol. The standard InChI is InChI=1S/C27H54NO8P/c1-2-3-4-5-6-11-14-17-20-27(30)36-26(24-35-37(31,32)33)23-28-21-18-15-12-9-7-8-10-13-16-19-22-34-25-29/h25-26,28H,2-24H2,1H3,(H2,31,32,33)/t26-/m0/s1. The first kappa shape index (κ1) is 36.0. The molecule has 0 saturated carbocycles. The van der Waals surface area contributed by atoms with Gasteiger partial charge >= 0.3 is 13.8 Å². The second kappa shape index (κ2) is 26.6. The molecular weight excluding hydrogens is 497 g/mol. The summed E-state index contributed by atoms with van der Waals surface area (Å²) in [6.45, 7) is 3.96. The fourth-order valence-electron chi connectivity index (χ4n) is 4.12. The van der Waals surface area contributed by atoms with Gasteiger partial charge in [-0.15, -0.1) is 0 Å². The van der Waals surface area contributed by atoms with Crippen LogP contribution in [0.1, 0.15) is 129 Å². The maximum absolute atomic E-state index is 12.2. The first-order valence-electron chi connectivity index (χ1n) is 14.5. The van der Waals surface area contributed by atoms with Gasteiger partial charge in [0.2, 0.25) is 0 Å². The molecule has 0 amide bonds. The van der Waals surface area contributed by atoms with Gasteiger partial charge in [0.25, 0.3) is 6.47 Å². The van der Waals surface area contributed by atoms with Gasteiger partial charge in [-0.05, 0) is 25.8 Å². The van der Waals surface area contributed by atoms with Gasteiger partial charge in [0.15, 0.2) is 0 Å². The number of ether oxygens (including phenoxy) is 2. The number of phosphoric ester groups is 1. The van der Waals surface area contributed by atoms with E-state index in [9.17, 15) is 14.2 Å². The number of phosphoric acid groups is 1. The Kier molecular flexibility index (Phi) is 25.9. The van der Waals surface area contributed by atoms with Crippen molar-refractivity contribution in [3.63, 3.8) is 0 Å². The number of unbranched alkanes of at least 4 members (excludes halogenated alkanes) is 16. The molecule has 0 aliphatic carbocycles. The minimum Gasteiger partial charge on any atom is -0.468 e. The van der Waals surface area contributed by atoms with E-state index in [2.05, 4.69) is 21.5 Å². The lowest BCUT2D eigenvalue weighted by atomic mass is 10.1. The average molecular weight is 552 g/mol. The van der Waals surface area contributed by atoms with Gasteiger partial charge in [-0.25, -0.2) is 4.57 Å². The quantitative estimate of drug-likeness (QED) is 0.0430. The number of rotatable bonds is 29. The molecule has 3 N–H and O–H groups in total. The first-order chi connectivity index (χ1) is 17.9. The van der Waals surface area contributed by atoms with Crippen LogP contribution in [0, 0.1) is 0 Å². The topological polar surface area (TPSA) is 131 Å². The van der Waals surface area contributed by atoms with Crippen molar-refractivity contribution in [3.8, 4) is 0 Å². The summed E-state index contributed by atoms with van der Waals surface area (Å²) in [4.78, 5) is 40.2. The van der Waals surface area contributed by atoms with Crippen molar-refractivity contribution in [1.29, 1.82) is 0 Å². The van der Waals surface area contributed by atoms with Gasteiger partial charge in [0.05, 0.1) is 13.2 Å². The van der Waals surface area contributed by atoms with Crippen molar-refractivity contribution in [3.05, 3.63) is 0 Å². The summed E-state index contributed by atoms with van der Waals surface area (Å²) < 4.78 is 25.8. The van der Waals surface area contributed by atoms with Crippen LogP contribution in [0.4, 0.5) is 0 Å². The Bertz CT molecular complexity index is 573. The highest BCUT2D eigenvalue weighted by atomic mass is 31.2. The lowest BCUT2D eigenvalue weighted by Gasteiger charge is -2.19. The summed E-state index contributed by atoms with van der Waals surface area (Å²) in [5.74, 6) is -0.346. The number of carbonyl (C=O) groups excluding carboxylic acids is 2. The van der Waals surface area contributed by atoms with Gasteiger partial charge in [0.1, 0.15) is 6.10 Å². The zero-order valence-electron chi connectivity index (χ0n) is 23.2. The first-order valence-corrected chi connectivity index (χ1v) is 16.1. The Morgan fingerprint density at radius 2 is 1.32 bits per heavy atom. The van der Waals surface area contributed by atoms with E-state index < -0.39 is 13.9 Å². The van der Waals surface area contributed by atoms with Crippen molar-refractivity contribution < 1.29 is 37.9 Å². The third kappa shape index (κ3) is 29.4. The molecule has 0 bridgehead atoms. The minimum absolute atomic E-state index is 0.307. The Labute approximate surface area is 225 Å². The van der Waals surface area contributed by atoms with Crippen LogP contribution in [-0.2, 0) is 28.2 Å². The summed E-state index contributed by atoms with van der Waals surface area (Å²) in [6, 6.07) is 0. The second-order valence-corrected chi connectivity index (χ2v) is 11.1. The molecule has 0 radical (unpaired) electrons. The molecule has 0 aliphatic heterocycles. The van der Waals surface area contributed by atoms with Crippen LogP contribution in [0.15, 0.2) is 0 Å². The fraction of sp³-hybridized carbons (Fsp3) is 0.926. The molecule has 0 spiro atoms. The number of hydrogen-bond acceptors (Lipinski definition) is 7. The van der Waals surface area contributed by atoms with E-state index in [1.54, 1.807) is 0 Å². The van der Waals surface area contributed by atoms with Gasteiger partial charge in [0, 0.05) is 13.0 Å². The van der Waals surface area contributed by atoms with Crippen molar-refractivity contribution in [2.45, 2.75) is 135 Å². The average Bonchev–Trinajstić information content (AvgIpc) is 2.85. The van der Waals surface area contributed by atoms with Crippen LogP contribution in [-0.4, -0.2) is 54.6 Å². The zero-order chi connectivity index (χ0) is 27.5. The molecule has 220 valence electrons. The minimum atomic E-state index is -4.62. The van der Waals surface area contributed by atoms with E-state index in [1.807, 2.05) is 0 Å². The van der Waals surface area contributed by atoms with Crippen molar-refractivity contribution >= 4 is 20.3 Å². The predicted octanol–water partition coefficient (Wildman–Crippen LogP) is 6.20. The summed E-state index contributed by atoms with van der Waals surface area (Å²) in [7, 11) is -4.62. The largest absolute Gasteiger partial charge is 0.469 e. The van der Waals surface area contributed by atoms with Gasteiger partial charge in [-0.3, -0.25) is 14.1 Å². The Balaban J connectivity index is 3.85. The maximum atomic E-state index is 12.2. The smallest absolute Gasteiger partial charge is 0.468 e. The van der Waals surface area contributed by atoms with Crippen molar-refractivity contribution in [2.75, 3.05) is 26.3 Å². The Morgan fingerprint density at radius 1 is 0.811 bits per heavy atom. The third-order valence-electron chi connectivity index (χ3n) is 6.27. The number of hydrogen-bond donors (Lipinski definition) is 3. The molecule has 0 heterocycles. The summed E-state index contributed by atoms with van der Waals surface area (Å²) in [5, 5.41) is 3.23. The molecule has 0 fully saturated rings. The van der Waals surface area contributed by atoms with Crippen LogP contribution >= 0.6 is 7.82 Å². The number of nitrogens with one attached hydrogen (secondary N) is 1. The fourth-order valence-corrected chi connectivity index (χ4v) is 4.48. The van der Waals surface area contributed by atoms with Crippen LogP contribution in [0.5, 0.6) is 0 Å². The molecule has 0 aromatic rings. The van der Waals surface area contributed by atoms with Crippen LogP contribution in [0.25, 0.3) is 0 Å². The SMILES string of the molecule is CCCCCCCCCCC(=O)O[C@@H](CNCCCCCCCCCCCCOC=O)COP(=O)(O)O. The summed E-state index contributed by atoms with van der Waals surface area (Å²) in [6.07, 6.45) is 20.1. The molecule has 10 heteroatoms. The maximum Gasteiger partial charge on any atom is 0.469 e. The number of carbonyl (C=O) groups is 2. The Hall–Kier alpha value is -0.990. The molecule has 1 atom stereocenters. The third-order valence-corrected chi connectivity index (χ3v) is 6.75. The van der Waals surface area contributed by atoms with Crippen LogP contribution < -0.4 is 5.32 Å². The molecular formula is C27H54NO8P. The van der Waals surface area contributed by atoms with Crippen molar-refractivity contribution in [2.24, 2.45) is 0 Å². The molecule has 37 heavy (non-hydrogen) atoms. The zero-order valence-corrected chi connectivity index (χ0v) is 24.1. The molecule has 0 rings (SSSR count). The molecule has 0 aromatic carbocycles. The number of esters is 1. The normalized spacial score (nSPS) is 12.4. The van der Waals surface area contributed by atoms with Gasteiger partial charge in [-0.1, -0.05) is 103 Å². The van der Waals surface area contributed by atoms with E-state index in [0.717, 1.165) is 51.5 Å². The highest BCUT2D eigenvalue weighted by Crippen LogP contribution is 2.35. The van der Waals surface area contributed by atoms with Gasteiger partial charge < -0.3 is 24.6 Å². The molecule has 0 saturated heterocycles. The summed E-state index contributed by atoms with van der Waals surface area (Å²) >= 11 is 0. The molecule has 9 nitrogen and oxygen atoms in total. The molecule has 0 aromatic heterocycles. The van der Waals surface area contributed by atoms with E-state index in [0.29, 0.717) is 26.0 Å². The van der Waals surface area contributed by atoms with E-state index >= 15 is 0 Å². The van der Waals surface area contributed by atoms with Crippen molar-refractivity contribution in [1.82, 2.24) is 5.32 Å². The lowest BCUT2D eigenvalue weighted by Crippen LogP contribution is -2.35. The molecule has 0 unspecified atom stereocenters. The predicted molar refractivity (Wildman–Crippen MR) is 146 cm³/mol. The van der Waals surface area contributed by atoms with Crippen LogP contribution in [0.3, 0.4) is 0 Å².